The topological polar surface area (TPSA) is 91.8 Å². The van der Waals surface area contributed by atoms with Crippen LogP contribution < -0.4 is 0 Å². The first-order valence-electron chi connectivity index (χ1n) is 8.37. The molecular weight excluding hydrogens is 318 g/mol. The zero-order valence-electron chi connectivity index (χ0n) is 14.3. The van der Waals surface area contributed by atoms with Crippen molar-refractivity contribution in [3.63, 3.8) is 0 Å². The van der Waals surface area contributed by atoms with Crippen LogP contribution in [0.3, 0.4) is 0 Å². The van der Waals surface area contributed by atoms with Crippen LogP contribution in [0.5, 0.6) is 0 Å². The Hall–Kier alpha value is -1.11. The lowest BCUT2D eigenvalue weighted by Gasteiger charge is -2.31. The minimum Gasteiger partial charge on any atom is -0.481 e. The van der Waals surface area contributed by atoms with Crippen molar-refractivity contribution in [1.82, 2.24) is 4.90 Å². The fourth-order valence-electron chi connectivity index (χ4n) is 3.20. The van der Waals surface area contributed by atoms with E-state index in [0.29, 0.717) is 19.3 Å². The lowest BCUT2D eigenvalue weighted by Crippen LogP contribution is -2.48. The SMILES string of the molecule is CC(C)C(C(=O)N(C)CCCC(=O)O)S(=O)(=O)C1CCCCC1. The number of carbonyl (C=O) groups is 2. The van der Waals surface area contributed by atoms with Crippen molar-refractivity contribution >= 4 is 21.7 Å². The second-order valence-electron chi connectivity index (χ2n) is 6.77. The van der Waals surface area contributed by atoms with Gasteiger partial charge in [-0.05, 0) is 25.2 Å². The summed E-state index contributed by atoms with van der Waals surface area (Å²) in [4.78, 5) is 24.6. The second kappa shape index (κ2) is 8.66. The summed E-state index contributed by atoms with van der Waals surface area (Å²) in [6, 6.07) is 0. The van der Waals surface area contributed by atoms with E-state index in [0.717, 1.165) is 19.3 Å². The molecule has 0 aromatic carbocycles. The molecule has 0 heterocycles. The van der Waals surface area contributed by atoms with Gasteiger partial charge in [0.15, 0.2) is 9.84 Å². The van der Waals surface area contributed by atoms with E-state index in [-0.39, 0.29) is 18.9 Å². The van der Waals surface area contributed by atoms with Crippen LogP contribution in [0.2, 0.25) is 0 Å². The van der Waals surface area contributed by atoms with E-state index in [2.05, 4.69) is 0 Å². The van der Waals surface area contributed by atoms with Gasteiger partial charge in [0.1, 0.15) is 5.25 Å². The summed E-state index contributed by atoms with van der Waals surface area (Å²) in [5.41, 5.74) is 0. The van der Waals surface area contributed by atoms with Crippen molar-refractivity contribution in [1.29, 1.82) is 0 Å². The van der Waals surface area contributed by atoms with Gasteiger partial charge in [-0.15, -0.1) is 0 Å². The Morgan fingerprint density at radius 3 is 2.22 bits per heavy atom. The predicted octanol–water partition coefficient (Wildman–Crippen LogP) is 2.08. The molecular formula is C16H29NO5S. The second-order valence-corrected chi connectivity index (χ2v) is 9.12. The number of hydrogen-bond donors (Lipinski definition) is 1. The maximum atomic E-state index is 12.9. The molecule has 1 rings (SSSR count). The molecule has 23 heavy (non-hydrogen) atoms. The number of nitrogens with zero attached hydrogens (tertiary/aromatic N) is 1. The zero-order valence-corrected chi connectivity index (χ0v) is 15.1. The molecule has 134 valence electrons. The molecule has 0 aromatic rings. The van der Waals surface area contributed by atoms with Gasteiger partial charge in [0.25, 0.3) is 0 Å². The van der Waals surface area contributed by atoms with Gasteiger partial charge in [-0.3, -0.25) is 9.59 Å². The largest absolute Gasteiger partial charge is 0.481 e. The maximum Gasteiger partial charge on any atom is 0.303 e. The Bertz CT molecular complexity index is 509. The third-order valence-electron chi connectivity index (χ3n) is 4.48. The van der Waals surface area contributed by atoms with Crippen LogP contribution in [0.4, 0.5) is 0 Å². The third kappa shape index (κ3) is 5.48. The van der Waals surface area contributed by atoms with E-state index in [1.54, 1.807) is 20.9 Å². The minimum atomic E-state index is -3.52. The molecule has 0 bridgehead atoms. The summed E-state index contributed by atoms with van der Waals surface area (Å²) < 4.78 is 25.8. The number of hydrogen-bond acceptors (Lipinski definition) is 4. The van der Waals surface area contributed by atoms with Gasteiger partial charge in [-0.2, -0.15) is 0 Å². The normalized spacial score (nSPS) is 17.9. The summed E-state index contributed by atoms with van der Waals surface area (Å²) in [6.07, 6.45) is 4.43. The van der Waals surface area contributed by atoms with Crippen molar-refractivity contribution in [3.8, 4) is 0 Å². The molecule has 1 N–H and O–H groups in total. The predicted molar refractivity (Wildman–Crippen MR) is 88.9 cm³/mol. The van der Waals surface area contributed by atoms with Crippen LogP contribution in [0.1, 0.15) is 58.8 Å². The monoisotopic (exact) mass is 347 g/mol. The van der Waals surface area contributed by atoms with Crippen molar-refractivity contribution in [3.05, 3.63) is 0 Å². The fourth-order valence-corrected chi connectivity index (χ4v) is 5.83. The average Bonchev–Trinajstić information content (AvgIpc) is 2.47. The van der Waals surface area contributed by atoms with Gasteiger partial charge in [0.05, 0.1) is 5.25 Å². The highest BCUT2D eigenvalue weighted by atomic mass is 32.2. The molecule has 0 aromatic heterocycles. The molecule has 0 saturated heterocycles. The van der Waals surface area contributed by atoms with Crippen molar-refractivity contribution in [2.45, 2.75) is 69.3 Å². The standard InChI is InChI=1S/C16H29NO5S/c1-12(2)15(16(20)17(3)11-7-10-14(18)19)23(21,22)13-8-5-4-6-9-13/h12-13,15H,4-11H2,1-3H3,(H,18,19). The molecule has 1 amide bonds. The lowest BCUT2D eigenvalue weighted by atomic mass is 10.0. The molecule has 1 aliphatic carbocycles. The number of carbonyl (C=O) groups excluding carboxylic acids is 1. The smallest absolute Gasteiger partial charge is 0.303 e. The minimum absolute atomic E-state index is 0.0284. The van der Waals surface area contributed by atoms with Gasteiger partial charge < -0.3 is 10.0 Å². The van der Waals surface area contributed by atoms with Crippen LogP contribution in [-0.2, 0) is 19.4 Å². The molecule has 1 saturated carbocycles. The molecule has 1 atom stereocenters. The van der Waals surface area contributed by atoms with Crippen LogP contribution in [0, 0.1) is 5.92 Å². The summed E-state index contributed by atoms with van der Waals surface area (Å²) in [7, 11) is -1.96. The summed E-state index contributed by atoms with van der Waals surface area (Å²) in [5, 5.41) is 7.22. The van der Waals surface area contributed by atoms with Gasteiger partial charge >= 0.3 is 5.97 Å². The Kier molecular flexibility index (Phi) is 7.51. The maximum absolute atomic E-state index is 12.9. The highest BCUT2D eigenvalue weighted by Crippen LogP contribution is 2.29. The van der Waals surface area contributed by atoms with Crippen LogP contribution >= 0.6 is 0 Å². The molecule has 7 heteroatoms. The number of aliphatic carboxylic acids is 1. The average molecular weight is 347 g/mol. The lowest BCUT2D eigenvalue weighted by molar-refractivity contribution is -0.138. The van der Waals surface area contributed by atoms with Crippen LogP contribution in [0.25, 0.3) is 0 Å². The number of carboxylic acid groups (broad SMARTS) is 1. The Balaban J connectivity index is 2.83. The molecule has 0 spiro atoms. The highest BCUT2D eigenvalue weighted by molar-refractivity contribution is 7.93. The van der Waals surface area contributed by atoms with E-state index in [9.17, 15) is 18.0 Å². The third-order valence-corrected chi connectivity index (χ3v) is 7.33. The first-order valence-corrected chi connectivity index (χ1v) is 9.98. The quantitative estimate of drug-likeness (QED) is 0.726. The van der Waals surface area contributed by atoms with Crippen molar-refractivity contribution in [2.24, 2.45) is 5.92 Å². The van der Waals surface area contributed by atoms with E-state index in [1.807, 2.05) is 0 Å². The van der Waals surface area contributed by atoms with E-state index >= 15 is 0 Å². The Morgan fingerprint density at radius 1 is 1.17 bits per heavy atom. The number of sulfone groups is 1. The van der Waals surface area contributed by atoms with E-state index in [4.69, 9.17) is 5.11 Å². The summed E-state index contributed by atoms with van der Waals surface area (Å²) >= 11 is 0. The summed E-state index contributed by atoms with van der Waals surface area (Å²) in [5.74, 6) is -1.62. The van der Waals surface area contributed by atoms with Gasteiger partial charge in [0.2, 0.25) is 5.91 Å². The molecule has 0 aliphatic heterocycles. The molecule has 1 fully saturated rings. The van der Waals surface area contributed by atoms with Crippen molar-refractivity contribution in [2.75, 3.05) is 13.6 Å². The van der Waals surface area contributed by atoms with Crippen molar-refractivity contribution < 1.29 is 23.1 Å². The van der Waals surface area contributed by atoms with Crippen LogP contribution in [0.15, 0.2) is 0 Å². The Morgan fingerprint density at radius 2 is 1.74 bits per heavy atom. The zero-order chi connectivity index (χ0) is 17.6. The molecule has 1 unspecified atom stereocenters. The first-order chi connectivity index (χ1) is 10.7. The van der Waals surface area contributed by atoms with Gasteiger partial charge in [-0.1, -0.05) is 33.1 Å². The highest BCUT2D eigenvalue weighted by Gasteiger charge is 2.42. The number of rotatable bonds is 8. The van der Waals surface area contributed by atoms with Gasteiger partial charge in [-0.25, -0.2) is 8.42 Å². The molecule has 6 nitrogen and oxygen atoms in total. The summed E-state index contributed by atoms with van der Waals surface area (Å²) in [6.45, 7) is 3.77. The molecule has 1 aliphatic rings. The first kappa shape index (κ1) is 19.9. The number of amides is 1. The van der Waals surface area contributed by atoms with E-state index < -0.39 is 32.2 Å². The van der Waals surface area contributed by atoms with Gasteiger partial charge in [0, 0.05) is 20.0 Å². The van der Waals surface area contributed by atoms with E-state index in [1.165, 1.54) is 4.90 Å². The fraction of sp³-hybridized carbons (Fsp3) is 0.875. The van der Waals surface area contributed by atoms with Crippen LogP contribution in [-0.4, -0.2) is 54.4 Å². The number of carboxylic acids is 1. The Labute approximate surface area is 139 Å². The molecule has 0 radical (unpaired) electrons.